The minimum Gasteiger partial charge on any atom is -0.487 e. The van der Waals surface area contributed by atoms with E-state index >= 15 is 0 Å². The molecule has 0 spiro atoms. The van der Waals surface area contributed by atoms with Crippen LogP contribution in [-0.2, 0) is 9.59 Å². The third kappa shape index (κ3) is 5.60. The lowest BCUT2D eigenvalue weighted by Crippen LogP contribution is -2.24. The molecular weight excluding hydrogens is 284 g/mol. The van der Waals surface area contributed by atoms with Gasteiger partial charge in [-0.2, -0.15) is 0 Å². The molecule has 1 amide bonds. The number of carboxylic acid groups (broad SMARTS) is 1. The number of hydrogen-bond acceptors (Lipinski definition) is 3. The molecule has 0 unspecified atom stereocenters. The molecule has 1 aromatic carbocycles. The first-order valence-corrected chi connectivity index (χ1v) is 6.23. The van der Waals surface area contributed by atoms with Crippen molar-refractivity contribution in [2.24, 2.45) is 0 Å². The van der Waals surface area contributed by atoms with Crippen LogP contribution in [0.25, 0.3) is 6.08 Å². The predicted molar refractivity (Wildman–Crippen MR) is 71.8 cm³/mol. The third-order valence-electron chi connectivity index (χ3n) is 2.39. The summed E-state index contributed by atoms with van der Waals surface area (Å²) in [5.41, 5.74) is 0.0588. The number of carboxylic acids is 1. The van der Waals surface area contributed by atoms with E-state index in [0.29, 0.717) is 6.54 Å². The second kappa shape index (κ2) is 7.98. The van der Waals surface area contributed by atoms with Gasteiger partial charge in [0.05, 0.1) is 13.0 Å². The highest BCUT2D eigenvalue weighted by atomic mass is 19.1. The molecule has 7 heteroatoms. The molecule has 0 aliphatic rings. The molecule has 0 atom stereocenters. The van der Waals surface area contributed by atoms with E-state index in [1.165, 1.54) is 0 Å². The van der Waals surface area contributed by atoms with Crippen molar-refractivity contribution in [2.45, 2.75) is 13.3 Å². The number of halogens is 2. The van der Waals surface area contributed by atoms with Gasteiger partial charge in [0.25, 0.3) is 0 Å². The van der Waals surface area contributed by atoms with Gasteiger partial charge in [0.1, 0.15) is 0 Å². The average Bonchev–Trinajstić information content (AvgIpc) is 2.40. The van der Waals surface area contributed by atoms with Crippen molar-refractivity contribution < 1.29 is 28.2 Å². The van der Waals surface area contributed by atoms with Gasteiger partial charge in [0.2, 0.25) is 5.91 Å². The summed E-state index contributed by atoms with van der Waals surface area (Å²) in [6.45, 7) is 2.05. The molecule has 21 heavy (non-hydrogen) atoms. The number of carbonyl (C=O) groups excluding carboxylic acids is 1. The number of aliphatic carboxylic acids is 1. The van der Waals surface area contributed by atoms with E-state index in [4.69, 9.17) is 9.84 Å². The van der Waals surface area contributed by atoms with E-state index in [2.05, 4.69) is 5.32 Å². The van der Waals surface area contributed by atoms with Gasteiger partial charge in [-0.25, -0.2) is 13.6 Å². The second-order valence-electron chi connectivity index (χ2n) is 4.04. The van der Waals surface area contributed by atoms with Crippen LogP contribution in [0.4, 0.5) is 8.78 Å². The largest absolute Gasteiger partial charge is 0.487 e. The van der Waals surface area contributed by atoms with Crippen molar-refractivity contribution in [1.82, 2.24) is 5.32 Å². The lowest BCUT2D eigenvalue weighted by Gasteiger charge is -2.09. The number of amides is 1. The fraction of sp³-hybridized carbons (Fsp3) is 0.286. The molecule has 0 aromatic heterocycles. The van der Waals surface area contributed by atoms with Crippen molar-refractivity contribution in [3.05, 3.63) is 35.4 Å². The summed E-state index contributed by atoms with van der Waals surface area (Å²) >= 11 is 0. The van der Waals surface area contributed by atoms with Crippen LogP contribution in [0.3, 0.4) is 0 Å². The standard InChI is InChI=1S/C14H15F2NO4/c1-2-17-12(18)5-6-21-14-10(15)7-9(8-11(14)16)3-4-13(19)20/h3-4,7-8H,2,5-6H2,1H3,(H,17,18)(H,19,20). The van der Waals surface area contributed by atoms with Crippen LogP contribution in [-0.4, -0.2) is 30.1 Å². The zero-order valence-electron chi connectivity index (χ0n) is 11.4. The summed E-state index contributed by atoms with van der Waals surface area (Å²) in [5, 5.41) is 11.0. The summed E-state index contributed by atoms with van der Waals surface area (Å²) in [5.74, 6) is -4.02. The number of carbonyl (C=O) groups is 2. The summed E-state index contributed by atoms with van der Waals surface area (Å²) in [6.07, 6.45) is 1.81. The normalized spacial score (nSPS) is 10.6. The highest BCUT2D eigenvalue weighted by Gasteiger charge is 2.12. The first-order valence-electron chi connectivity index (χ1n) is 6.23. The Balaban J connectivity index is 2.72. The van der Waals surface area contributed by atoms with Gasteiger partial charge in [-0.05, 0) is 30.7 Å². The van der Waals surface area contributed by atoms with Gasteiger partial charge in [-0.1, -0.05) is 0 Å². The van der Waals surface area contributed by atoms with Gasteiger partial charge >= 0.3 is 5.97 Å². The molecule has 0 aliphatic heterocycles. The first kappa shape index (κ1) is 16.6. The second-order valence-corrected chi connectivity index (χ2v) is 4.04. The molecule has 0 heterocycles. The van der Waals surface area contributed by atoms with Crippen LogP contribution in [0, 0.1) is 11.6 Å². The SMILES string of the molecule is CCNC(=O)CCOc1c(F)cc(C=CC(=O)O)cc1F. The van der Waals surface area contributed by atoms with Crippen LogP contribution in [0.15, 0.2) is 18.2 Å². The summed E-state index contributed by atoms with van der Waals surface area (Å²) in [7, 11) is 0. The molecule has 0 fully saturated rings. The Morgan fingerprint density at radius 3 is 2.48 bits per heavy atom. The number of ether oxygens (including phenoxy) is 1. The van der Waals surface area contributed by atoms with E-state index in [-0.39, 0.29) is 24.5 Å². The van der Waals surface area contributed by atoms with Crippen LogP contribution in [0.2, 0.25) is 0 Å². The molecule has 114 valence electrons. The fourth-order valence-corrected chi connectivity index (χ4v) is 1.51. The smallest absolute Gasteiger partial charge is 0.328 e. The summed E-state index contributed by atoms with van der Waals surface area (Å²) < 4.78 is 32.2. The van der Waals surface area contributed by atoms with Gasteiger partial charge in [-0.15, -0.1) is 0 Å². The summed E-state index contributed by atoms with van der Waals surface area (Å²) in [6, 6.07) is 1.90. The molecular formula is C14H15F2NO4. The van der Waals surface area contributed by atoms with E-state index in [9.17, 15) is 18.4 Å². The topological polar surface area (TPSA) is 75.6 Å². The maximum Gasteiger partial charge on any atom is 0.328 e. The van der Waals surface area contributed by atoms with Crippen LogP contribution >= 0.6 is 0 Å². The Morgan fingerprint density at radius 1 is 1.33 bits per heavy atom. The molecule has 0 saturated heterocycles. The molecule has 0 bridgehead atoms. The third-order valence-corrected chi connectivity index (χ3v) is 2.39. The fourth-order valence-electron chi connectivity index (χ4n) is 1.51. The number of benzene rings is 1. The predicted octanol–water partition coefficient (Wildman–Crippen LogP) is 1.97. The average molecular weight is 299 g/mol. The van der Waals surface area contributed by atoms with Crippen molar-refractivity contribution in [1.29, 1.82) is 0 Å². The van der Waals surface area contributed by atoms with Crippen LogP contribution < -0.4 is 10.1 Å². The Morgan fingerprint density at radius 2 is 1.95 bits per heavy atom. The highest BCUT2D eigenvalue weighted by molar-refractivity contribution is 5.85. The zero-order chi connectivity index (χ0) is 15.8. The van der Waals surface area contributed by atoms with Crippen molar-refractivity contribution in [2.75, 3.05) is 13.2 Å². The number of rotatable bonds is 7. The monoisotopic (exact) mass is 299 g/mol. The molecule has 2 N–H and O–H groups in total. The lowest BCUT2D eigenvalue weighted by atomic mass is 10.2. The van der Waals surface area contributed by atoms with Crippen LogP contribution in [0.1, 0.15) is 18.9 Å². The van der Waals surface area contributed by atoms with E-state index in [1.54, 1.807) is 6.92 Å². The molecule has 0 saturated carbocycles. The molecule has 0 aliphatic carbocycles. The van der Waals surface area contributed by atoms with Gasteiger partial charge < -0.3 is 15.2 Å². The summed E-state index contributed by atoms with van der Waals surface area (Å²) in [4.78, 5) is 21.5. The van der Waals surface area contributed by atoms with Gasteiger partial charge in [-0.3, -0.25) is 4.79 Å². The molecule has 1 aromatic rings. The minimum atomic E-state index is -1.22. The zero-order valence-corrected chi connectivity index (χ0v) is 11.4. The molecule has 0 radical (unpaired) electrons. The quantitative estimate of drug-likeness (QED) is 0.755. The molecule has 1 rings (SSSR count). The highest BCUT2D eigenvalue weighted by Crippen LogP contribution is 2.24. The lowest BCUT2D eigenvalue weighted by molar-refractivity contribution is -0.131. The van der Waals surface area contributed by atoms with Crippen molar-refractivity contribution in [3.8, 4) is 5.75 Å². The van der Waals surface area contributed by atoms with Crippen molar-refractivity contribution in [3.63, 3.8) is 0 Å². The Labute approximate surface area is 120 Å². The Bertz CT molecular complexity index is 535. The van der Waals surface area contributed by atoms with Crippen LogP contribution in [0.5, 0.6) is 5.75 Å². The first-order chi connectivity index (χ1) is 9.93. The number of nitrogens with one attached hydrogen (secondary N) is 1. The maximum atomic E-state index is 13.7. The maximum absolute atomic E-state index is 13.7. The van der Waals surface area contributed by atoms with Crippen molar-refractivity contribution >= 4 is 18.0 Å². The van der Waals surface area contributed by atoms with E-state index in [0.717, 1.165) is 24.3 Å². The van der Waals surface area contributed by atoms with Gasteiger partial charge in [0, 0.05) is 12.6 Å². The molecule has 5 nitrogen and oxygen atoms in total. The minimum absolute atomic E-state index is 0.0204. The van der Waals surface area contributed by atoms with Gasteiger partial charge in [0.15, 0.2) is 17.4 Å². The Hall–Kier alpha value is -2.44. The number of hydrogen-bond donors (Lipinski definition) is 2. The van der Waals surface area contributed by atoms with E-state index < -0.39 is 23.4 Å². The van der Waals surface area contributed by atoms with E-state index in [1.807, 2.05) is 0 Å². The Kier molecular flexibility index (Phi) is 6.32.